The lowest BCUT2D eigenvalue weighted by molar-refractivity contribution is 0.213. The molecule has 0 saturated carbocycles. The molecule has 0 unspecified atom stereocenters. The summed E-state index contributed by atoms with van der Waals surface area (Å²) in [5.74, 6) is 0.580. The van der Waals surface area contributed by atoms with Gasteiger partial charge in [-0.15, -0.1) is 0 Å². The van der Waals surface area contributed by atoms with Crippen LogP contribution in [0.3, 0.4) is 0 Å². The number of rotatable bonds is 7. The zero-order valence-electron chi connectivity index (χ0n) is 13.2. The van der Waals surface area contributed by atoms with Gasteiger partial charge in [0.2, 0.25) is 10.0 Å². The van der Waals surface area contributed by atoms with E-state index >= 15 is 0 Å². The Morgan fingerprint density at radius 2 is 1.71 bits per heavy atom. The van der Waals surface area contributed by atoms with Crippen LogP contribution >= 0.6 is 11.6 Å². The summed E-state index contributed by atoms with van der Waals surface area (Å²) >= 11 is 5.85. The van der Waals surface area contributed by atoms with E-state index in [1.54, 1.807) is 36.4 Å². The van der Waals surface area contributed by atoms with Gasteiger partial charge in [-0.05, 0) is 36.4 Å². The second-order valence-electron chi connectivity index (χ2n) is 4.73. The lowest BCUT2D eigenvalue weighted by Gasteiger charge is -2.10. The van der Waals surface area contributed by atoms with Crippen molar-refractivity contribution in [2.75, 3.05) is 20.8 Å². The number of methoxy groups -OCH3 is 1. The highest BCUT2D eigenvalue weighted by Gasteiger charge is 2.16. The molecule has 2 rings (SSSR count). The molecule has 6 nitrogen and oxygen atoms in total. The first-order valence-electron chi connectivity index (χ1n) is 6.96. The van der Waals surface area contributed by atoms with Crippen LogP contribution in [0.4, 0.5) is 0 Å². The molecule has 1 N–H and O–H groups in total. The zero-order valence-corrected chi connectivity index (χ0v) is 14.8. The van der Waals surface area contributed by atoms with Crippen LogP contribution in [0.15, 0.2) is 58.6 Å². The number of hydrogen-bond donors (Lipinski definition) is 1. The van der Waals surface area contributed by atoms with Gasteiger partial charge in [-0.3, -0.25) is 0 Å². The third kappa shape index (κ3) is 4.70. The Morgan fingerprint density at radius 1 is 1.08 bits per heavy atom. The molecule has 0 aliphatic rings. The average molecular weight is 369 g/mol. The Hall–Kier alpha value is -2.09. The summed E-state index contributed by atoms with van der Waals surface area (Å²) in [6.45, 7) is -0.0240. The first-order valence-corrected chi connectivity index (χ1v) is 8.82. The monoisotopic (exact) mass is 368 g/mol. The minimum absolute atomic E-state index is 0.0240. The van der Waals surface area contributed by atoms with Gasteiger partial charge in [0.05, 0.1) is 18.6 Å². The number of nitrogens with one attached hydrogen (secondary N) is 1. The fourth-order valence-corrected chi connectivity index (χ4v) is 3.05. The molecule has 2 aromatic rings. The van der Waals surface area contributed by atoms with Crippen LogP contribution in [-0.4, -0.2) is 34.9 Å². The number of benzene rings is 2. The van der Waals surface area contributed by atoms with E-state index in [1.165, 1.54) is 26.4 Å². The topological polar surface area (TPSA) is 77.0 Å². The Kier molecular flexibility index (Phi) is 6.19. The van der Waals surface area contributed by atoms with Gasteiger partial charge in [-0.1, -0.05) is 28.9 Å². The summed E-state index contributed by atoms with van der Waals surface area (Å²) < 4.78 is 32.2. The van der Waals surface area contributed by atoms with Crippen molar-refractivity contribution in [1.82, 2.24) is 4.72 Å². The highest BCUT2D eigenvalue weighted by Crippen LogP contribution is 2.15. The molecular formula is C16H17ClN2O4S. The summed E-state index contributed by atoms with van der Waals surface area (Å²) in [4.78, 5) is 4.93. The third-order valence-electron chi connectivity index (χ3n) is 3.18. The average Bonchev–Trinajstić information content (AvgIpc) is 2.59. The van der Waals surface area contributed by atoms with Crippen molar-refractivity contribution >= 4 is 27.3 Å². The molecule has 0 fully saturated rings. The molecular weight excluding hydrogens is 352 g/mol. The van der Waals surface area contributed by atoms with Crippen LogP contribution in [0.2, 0.25) is 5.02 Å². The second-order valence-corrected chi connectivity index (χ2v) is 6.93. The summed E-state index contributed by atoms with van der Waals surface area (Å²) in [5.41, 5.74) is 1.14. The van der Waals surface area contributed by atoms with Crippen molar-refractivity contribution in [2.24, 2.45) is 5.16 Å². The SMILES string of the molecule is CON=C(CNS(=O)(=O)c1ccc(OC)cc1)c1ccc(Cl)cc1. The molecule has 0 bridgehead atoms. The molecule has 0 spiro atoms. The minimum atomic E-state index is -3.68. The Balaban J connectivity index is 2.15. The van der Waals surface area contributed by atoms with Crippen molar-refractivity contribution in [3.05, 3.63) is 59.1 Å². The maximum Gasteiger partial charge on any atom is 0.240 e. The van der Waals surface area contributed by atoms with E-state index < -0.39 is 10.0 Å². The maximum absolute atomic E-state index is 12.4. The molecule has 8 heteroatoms. The molecule has 0 aliphatic carbocycles. The molecule has 128 valence electrons. The summed E-state index contributed by atoms with van der Waals surface area (Å²) in [6.07, 6.45) is 0. The van der Waals surface area contributed by atoms with Crippen molar-refractivity contribution in [3.8, 4) is 5.75 Å². The van der Waals surface area contributed by atoms with Crippen molar-refractivity contribution in [2.45, 2.75) is 4.90 Å². The van der Waals surface area contributed by atoms with Crippen molar-refractivity contribution in [3.63, 3.8) is 0 Å². The number of hydrogen-bond acceptors (Lipinski definition) is 5. The largest absolute Gasteiger partial charge is 0.497 e. The minimum Gasteiger partial charge on any atom is -0.497 e. The van der Waals surface area contributed by atoms with Crippen LogP contribution in [0.25, 0.3) is 0 Å². The maximum atomic E-state index is 12.4. The third-order valence-corrected chi connectivity index (χ3v) is 4.85. The van der Waals surface area contributed by atoms with E-state index in [2.05, 4.69) is 9.88 Å². The van der Waals surface area contributed by atoms with Gasteiger partial charge >= 0.3 is 0 Å². The van der Waals surface area contributed by atoms with E-state index in [0.717, 1.165) is 0 Å². The number of oxime groups is 1. The first-order chi connectivity index (χ1) is 11.5. The molecule has 24 heavy (non-hydrogen) atoms. The fraction of sp³-hybridized carbons (Fsp3) is 0.188. The molecule has 0 radical (unpaired) electrons. The van der Waals surface area contributed by atoms with E-state index in [0.29, 0.717) is 22.0 Å². The van der Waals surface area contributed by atoms with Crippen LogP contribution in [0, 0.1) is 0 Å². The predicted molar refractivity (Wildman–Crippen MR) is 93.2 cm³/mol. The summed E-state index contributed by atoms with van der Waals surface area (Å²) in [6, 6.07) is 13.0. The standard InChI is InChI=1S/C16H17ClN2O4S/c1-22-14-7-9-15(10-8-14)24(20,21)18-11-16(19-23-2)12-3-5-13(17)6-4-12/h3-10,18H,11H2,1-2H3. The number of nitrogens with zero attached hydrogens (tertiary/aromatic N) is 1. The molecule has 0 atom stereocenters. The van der Waals surface area contributed by atoms with Gasteiger partial charge in [0.1, 0.15) is 18.6 Å². The Morgan fingerprint density at radius 3 is 2.25 bits per heavy atom. The van der Waals surface area contributed by atoms with Gasteiger partial charge in [0, 0.05) is 10.6 Å². The van der Waals surface area contributed by atoms with Crippen LogP contribution in [0.1, 0.15) is 5.56 Å². The first kappa shape index (κ1) is 18.3. The van der Waals surface area contributed by atoms with Gasteiger partial charge in [-0.25, -0.2) is 13.1 Å². The zero-order chi connectivity index (χ0) is 17.6. The quantitative estimate of drug-likeness (QED) is 0.602. The van der Waals surface area contributed by atoms with Gasteiger partial charge in [0.25, 0.3) is 0 Å². The highest BCUT2D eigenvalue weighted by atomic mass is 35.5. The molecule has 2 aromatic carbocycles. The van der Waals surface area contributed by atoms with Gasteiger partial charge in [0.15, 0.2) is 0 Å². The Bertz CT molecular complexity index is 803. The summed E-state index contributed by atoms with van der Waals surface area (Å²) in [5, 5.41) is 4.45. The lowest BCUT2D eigenvalue weighted by Crippen LogP contribution is -2.30. The van der Waals surface area contributed by atoms with E-state index in [1.807, 2.05) is 0 Å². The van der Waals surface area contributed by atoms with Crippen molar-refractivity contribution in [1.29, 1.82) is 0 Å². The number of halogens is 1. The van der Waals surface area contributed by atoms with E-state index in [4.69, 9.17) is 21.2 Å². The van der Waals surface area contributed by atoms with Crippen LogP contribution < -0.4 is 9.46 Å². The van der Waals surface area contributed by atoms with Gasteiger partial charge in [-0.2, -0.15) is 0 Å². The fourth-order valence-electron chi connectivity index (χ4n) is 1.94. The van der Waals surface area contributed by atoms with Gasteiger partial charge < -0.3 is 9.57 Å². The predicted octanol–water partition coefficient (Wildman–Crippen LogP) is 2.68. The number of sulfonamides is 1. The molecule has 0 saturated heterocycles. The highest BCUT2D eigenvalue weighted by molar-refractivity contribution is 7.89. The molecule has 0 heterocycles. The molecule has 0 aliphatic heterocycles. The molecule has 0 amide bonds. The second kappa shape index (κ2) is 8.14. The normalized spacial score (nSPS) is 12.0. The van der Waals surface area contributed by atoms with Crippen molar-refractivity contribution < 1.29 is 18.0 Å². The van der Waals surface area contributed by atoms with E-state index in [-0.39, 0.29) is 11.4 Å². The smallest absolute Gasteiger partial charge is 0.240 e. The van der Waals surface area contributed by atoms with E-state index in [9.17, 15) is 8.42 Å². The number of ether oxygens (including phenoxy) is 1. The Labute approximate surface area is 146 Å². The van der Waals surface area contributed by atoms with Crippen LogP contribution in [-0.2, 0) is 14.9 Å². The molecule has 0 aromatic heterocycles. The summed E-state index contributed by atoms with van der Waals surface area (Å²) in [7, 11) is -0.771. The van der Waals surface area contributed by atoms with Crippen LogP contribution in [0.5, 0.6) is 5.75 Å². The lowest BCUT2D eigenvalue weighted by atomic mass is 10.1.